The smallest absolute Gasteiger partial charge is 0.271 e. The molecule has 1 aliphatic heterocycles. The third-order valence-electron chi connectivity index (χ3n) is 5.61. The lowest BCUT2D eigenvalue weighted by atomic mass is 9.92. The number of ether oxygens (including phenoxy) is 2. The summed E-state index contributed by atoms with van der Waals surface area (Å²) in [6, 6.07) is 7.39. The molecule has 0 aromatic heterocycles. The molecule has 0 bridgehead atoms. The molecule has 0 atom stereocenters. The van der Waals surface area contributed by atoms with Crippen LogP contribution in [0.5, 0.6) is 11.5 Å². The molecule has 0 unspecified atom stereocenters. The average molecular weight is 423 g/mol. The van der Waals surface area contributed by atoms with E-state index in [0.717, 1.165) is 31.2 Å². The molecule has 1 saturated carbocycles. The van der Waals surface area contributed by atoms with Crippen molar-refractivity contribution in [3.63, 3.8) is 0 Å². The van der Waals surface area contributed by atoms with Crippen LogP contribution < -0.4 is 9.47 Å². The predicted molar refractivity (Wildman–Crippen MR) is 118 cm³/mol. The Labute approximate surface area is 184 Å². The van der Waals surface area contributed by atoms with Gasteiger partial charge >= 0.3 is 0 Å². The Morgan fingerprint density at radius 1 is 1.16 bits per heavy atom. The maximum atomic E-state index is 13.3. The van der Waals surface area contributed by atoms with Gasteiger partial charge in [0.25, 0.3) is 11.8 Å². The first-order valence-corrected chi connectivity index (χ1v) is 11.0. The maximum Gasteiger partial charge on any atom is 0.271 e. The van der Waals surface area contributed by atoms with E-state index in [4.69, 9.17) is 9.47 Å². The Morgan fingerprint density at radius 3 is 2.48 bits per heavy atom. The molecule has 1 aromatic carbocycles. The average Bonchev–Trinajstić information content (AvgIpc) is 3.25. The van der Waals surface area contributed by atoms with Gasteiger partial charge < -0.3 is 9.47 Å². The summed E-state index contributed by atoms with van der Waals surface area (Å²) in [4.78, 5) is 27.4. The first-order valence-electron chi connectivity index (χ1n) is 11.0. The largest absolute Gasteiger partial charge is 0.490 e. The zero-order valence-electron chi connectivity index (χ0n) is 18.7. The van der Waals surface area contributed by atoms with Crippen LogP contribution in [0.25, 0.3) is 6.08 Å². The van der Waals surface area contributed by atoms with E-state index in [9.17, 15) is 14.9 Å². The van der Waals surface area contributed by atoms with Gasteiger partial charge in [-0.2, -0.15) is 5.26 Å². The summed E-state index contributed by atoms with van der Waals surface area (Å²) in [5.74, 6) is 0.840. The van der Waals surface area contributed by atoms with Crippen molar-refractivity contribution in [1.82, 2.24) is 4.90 Å². The number of nitriles is 1. The fraction of sp³-hybridized carbons (Fsp3) is 0.480. The Morgan fingerprint density at radius 2 is 1.87 bits per heavy atom. The standard InChI is InChI=1S/C25H30N2O4/c1-5-30-23-13-18(10-11-22(23)31-15-16(2)3)12-20-17(4)21(14-26)25(29)27(24(20)28)19-8-6-7-9-19/h10-13,16,19H,5-9,15H2,1-4H3/b20-12+. The number of benzene rings is 1. The van der Waals surface area contributed by atoms with Crippen molar-refractivity contribution in [1.29, 1.82) is 5.26 Å². The van der Waals surface area contributed by atoms with E-state index >= 15 is 0 Å². The normalized spacial score (nSPS) is 18.8. The van der Waals surface area contributed by atoms with Gasteiger partial charge in [0.15, 0.2) is 11.5 Å². The number of carbonyl (C=O) groups excluding carboxylic acids is 2. The lowest BCUT2D eigenvalue weighted by molar-refractivity contribution is -0.143. The molecule has 1 heterocycles. The molecule has 0 saturated heterocycles. The minimum atomic E-state index is -0.471. The van der Waals surface area contributed by atoms with Gasteiger partial charge in [0.2, 0.25) is 0 Å². The first kappa shape index (κ1) is 22.6. The highest BCUT2D eigenvalue weighted by molar-refractivity contribution is 6.19. The summed E-state index contributed by atoms with van der Waals surface area (Å²) < 4.78 is 11.6. The van der Waals surface area contributed by atoms with Gasteiger partial charge in [-0.3, -0.25) is 14.5 Å². The molecule has 0 radical (unpaired) electrons. The molecular formula is C25H30N2O4. The van der Waals surface area contributed by atoms with Crippen LogP contribution in [0.3, 0.4) is 0 Å². The highest BCUT2D eigenvalue weighted by Crippen LogP contribution is 2.35. The van der Waals surface area contributed by atoms with Crippen LogP contribution in [0, 0.1) is 17.2 Å². The Hall–Kier alpha value is -3.07. The second-order valence-electron chi connectivity index (χ2n) is 8.43. The summed E-state index contributed by atoms with van der Waals surface area (Å²) in [6.45, 7) is 8.78. The van der Waals surface area contributed by atoms with Crippen LogP contribution in [0.1, 0.15) is 58.9 Å². The number of carbonyl (C=O) groups is 2. The minimum absolute atomic E-state index is 0.0414. The lowest BCUT2D eigenvalue weighted by Crippen LogP contribution is -2.47. The van der Waals surface area contributed by atoms with Gasteiger partial charge in [0, 0.05) is 11.6 Å². The van der Waals surface area contributed by atoms with Crippen LogP contribution in [0.4, 0.5) is 0 Å². The van der Waals surface area contributed by atoms with Crippen molar-refractivity contribution in [2.24, 2.45) is 5.92 Å². The molecule has 31 heavy (non-hydrogen) atoms. The van der Waals surface area contributed by atoms with Gasteiger partial charge in [-0.05, 0) is 62.0 Å². The van der Waals surface area contributed by atoms with E-state index in [1.54, 1.807) is 13.0 Å². The number of imide groups is 1. The summed E-state index contributed by atoms with van der Waals surface area (Å²) in [6.07, 6.45) is 5.29. The van der Waals surface area contributed by atoms with Crippen LogP contribution in [-0.4, -0.2) is 36.0 Å². The van der Waals surface area contributed by atoms with Gasteiger partial charge in [-0.25, -0.2) is 0 Å². The number of hydrogen-bond donors (Lipinski definition) is 0. The summed E-state index contributed by atoms with van der Waals surface area (Å²) >= 11 is 0. The second-order valence-corrected chi connectivity index (χ2v) is 8.43. The number of rotatable bonds is 7. The molecule has 0 N–H and O–H groups in total. The Bertz CT molecular complexity index is 962. The van der Waals surface area contributed by atoms with Crippen LogP contribution >= 0.6 is 0 Å². The number of nitrogens with zero attached hydrogens (tertiary/aromatic N) is 2. The Balaban J connectivity index is 2.01. The fourth-order valence-corrected chi connectivity index (χ4v) is 4.02. The molecule has 1 aromatic rings. The molecule has 6 heteroatoms. The summed E-state index contributed by atoms with van der Waals surface area (Å²) in [5, 5.41) is 9.59. The van der Waals surface area contributed by atoms with Crippen LogP contribution in [-0.2, 0) is 9.59 Å². The molecule has 1 aliphatic carbocycles. The van der Waals surface area contributed by atoms with E-state index in [1.807, 2.05) is 31.2 Å². The van der Waals surface area contributed by atoms with Crippen molar-refractivity contribution in [2.45, 2.75) is 59.4 Å². The third kappa shape index (κ3) is 4.82. The van der Waals surface area contributed by atoms with E-state index < -0.39 is 5.91 Å². The molecule has 6 nitrogen and oxygen atoms in total. The van der Waals surface area contributed by atoms with E-state index in [-0.39, 0.29) is 17.5 Å². The van der Waals surface area contributed by atoms with E-state index in [2.05, 4.69) is 13.8 Å². The summed E-state index contributed by atoms with van der Waals surface area (Å²) in [5.41, 5.74) is 1.59. The van der Waals surface area contributed by atoms with Crippen molar-refractivity contribution in [3.05, 3.63) is 40.5 Å². The quantitative estimate of drug-likeness (QED) is 0.472. The molecular weight excluding hydrogens is 392 g/mol. The predicted octanol–water partition coefficient (Wildman–Crippen LogP) is 4.65. The third-order valence-corrected chi connectivity index (χ3v) is 5.61. The van der Waals surface area contributed by atoms with Crippen molar-refractivity contribution in [3.8, 4) is 17.6 Å². The molecule has 3 rings (SSSR count). The fourth-order valence-electron chi connectivity index (χ4n) is 4.02. The zero-order chi connectivity index (χ0) is 22.5. The lowest BCUT2D eigenvalue weighted by Gasteiger charge is -2.32. The Kier molecular flexibility index (Phi) is 7.17. The van der Waals surface area contributed by atoms with E-state index in [1.165, 1.54) is 4.90 Å². The monoisotopic (exact) mass is 422 g/mol. The number of hydrogen-bond acceptors (Lipinski definition) is 5. The van der Waals surface area contributed by atoms with Crippen molar-refractivity contribution in [2.75, 3.05) is 13.2 Å². The highest BCUT2D eigenvalue weighted by atomic mass is 16.5. The number of amides is 2. The second kappa shape index (κ2) is 9.82. The van der Waals surface area contributed by atoms with Gasteiger partial charge in [-0.1, -0.05) is 32.8 Å². The molecule has 0 spiro atoms. The SMILES string of the molecule is CCOc1cc(/C=C2/C(=O)N(C3CCCC3)C(=O)C(C#N)=C2C)ccc1OCC(C)C. The summed E-state index contributed by atoms with van der Waals surface area (Å²) in [7, 11) is 0. The van der Waals surface area contributed by atoms with Gasteiger partial charge in [0.05, 0.1) is 13.2 Å². The zero-order valence-corrected chi connectivity index (χ0v) is 18.7. The van der Waals surface area contributed by atoms with Crippen molar-refractivity contribution < 1.29 is 19.1 Å². The van der Waals surface area contributed by atoms with Gasteiger partial charge in [0.1, 0.15) is 11.6 Å². The maximum absolute atomic E-state index is 13.3. The molecule has 2 aliphatic rings. The van der Waals surface area contributed by atoms with Crippen LogP contribution in [0.2, 0.25) is 0 Å². The van der Waals surface area contributed by atoms with Crippen molar-refractivity contribution >= 4 is 17.9 Å². The highest BCUT2D eigenvalue weighted by Gasteiger charge is 2.40. The first-order chi connectivity index (χ1) is 14.9. The molecule has 1 fully saturated rings. The molecule has 164 valence electrons. The van der Waals surface area contributed by atoms with E-state index in [0.29, 0.717) is 41.8 Å². The van der Waals surface area contributed by atoms with Crippen LogP contribution in [0.15, 0.2) is 34.9 Å². The minimum Gasteiger partial charge on any atom is -0.490 e. The topological polar surface area (TPSA) is 79.6 Å². The molecule has 2 amide bonds. The van der Waals surface area contributed by atoms with Gasteiger partial charge in [-0.15, -0.1) is 0 Å².